The van der Waals surface area contributed by atoms with Gasteiger partial charge in [-0.2, -0.15) is 0 Å². The van der Waals surface area contributed by atoms with E-state index in [1.807, 2.05) is 6.92 Å². The predicted molar refractivity (Wildman–Crippen MR) is 129 cm³/mol. The fourth-order valence-electron chi connectivity index (χ4n) is 5.59. The van der Waals surface area contributed by atoms with Gasteiger partial charge >= 0.3 is 5.97 Å². The molecule has 4 heteroatoms. The van der Waals surface area contributed by atoms with Gasteiger partial charge in [0.05, 0.1) is 17.1 Å². The molecular formula is C27H51NO3. The smallest absolute Gasteiger partial charge is 0.312 e. The van der Waals surface area contributed by atoms with Crippen molar-refractivity contribution in [2.75, 3.05) is 0 Å². The lowest BCUT2D eigenvalue weighted by Crippen LogP contribution is -2.53. The molecule has 4 nitrogen and oxygen atoms in total. The minimum absolute atomic E-state index is 0.0130. The number of rotatable bonds is 10. The number of hydrogen-bond donors (Lipinski definition) is 1. The van der Waals surface area contributed by atoms with Crippen molar-refractivity contribution in [2.24, 2.45) is 23.0 Å². The van der Waals surface area contributed by atoms with Crippen LogP contribution >= 0.6 is 0 Å². The summed E-state index contributed by atoms with van der Waals surface area (Å²) in [6, 6.07) is 0. The van der Waals surface area contributed by atoms with Gasteiger partial charge < -0.3 is 15.2 Å². The Hall–Kier alpha value is -0.610. The number of hydrogen-bond acceptors (Lipinski definition) is 4. The van der Waals surface area contributed by atoms with E-state index in [2.05, 4.69) is 41.5 Å². The van der Waals surface area contributed by atoms with Gasteiger partial charge in [-0.15, -0.1) is 0 Å². The van der Waals surface area contributed by atoms with E-state index < -0.39 is 0 Å². The van der Waals surface area contributed by atoms with E-state index in [-0.39, 0.29) is 28.6 Å². The molecule has 2 saturated carbocycles. The number of nitrogens with two attached hydrogens (primary N) is 1. The molecule has 0 radical (unpaired) electrons. The molecule has 2 aliphatic carbocycles. The average molecular weight is 438 g/mol. The van der Waals surface area contributed by atoms with Crippen LogP contribution in [-0.2, 0) is 14.3 Å². The van der Waals surface area contributed by atoms with E-state index in [9.17, 15) is 4.79 Å². The molecule has 0 heterocycles. The molecule has 1 unspecified atom stereocenters. The highest BCUT2D eigenvalue weighted by molar-refractivity contribution is 5.76. The van der Waals surface area contributed by atoms with Gasteiger partial charge in [-0.1, -0.05) is 27.7 Å². The second-order valence-electron chi connectivity index (χ2n) is 11.3. The Morgan fingerprint density at radius 2 is 1.16 bits per heavy atom. The number of esters is 1. The highest BCUT2D eigenvalue weighted by Crippen LogP contribution is 2.43. The highest BCUT2D eigenvalue weighted by atomic mass is 16.5. The molecule has 0 aromatic carbocycles. The summed E-state index contributed by atoms with van der Waals surface area (Å²) in [7, 11) is 0. The molecule has 0 bridgehead atoms. The first-order valence-electron chi connectivity index (χ1n) is 13.2. The Morgan fingerprint density at radius 1 is 0.742 bits per heavy atom. The van der Waals surface area contributed by atoms with E-state index in [0.29, 0.717) is 17.9 Å². The van der Waals surface area contributed by atoms with Crippen molar-refractivity contribution in [2.45, 2.75) is 149 Å². The van der Waals surface area contributed by atoms with Crippen LogP contribution in [0.2, 0.25) is 0 Å². The summed E-state index contributed by atoms with van der Waals surface area (Å²) in [6.07, 6.45) is 12.9. The zero-order valence-corrected chi connectivity index (χ0v) is 21.6. The lowest BCUT2D eigenvalue weighted by atomic mass is 9.65. The lowest BCUT2D eigenvalue weighted by Gasteiger charge is -2.47. The van der Waals surface area contributed by atoms with Gasteiger partial charge in [-0.05, 0) is 110 Å². The minimum atomic E-state index is -0.342. The molecule has 182 valence electrons. The molecule has 0 aromatic heterocycles. The Bertz CT molecular complexity index is 549. The van der Waals surface area contributed by atoms with Gasteiger partial charge in [0.1, 0.15) is 6.10 Å². The minimum Gasteiger partial charge on any atom is -0.462 e. The molecule has 1 atom stereocenters. The Kier molecular flexibility index (Phi) is 9.46. The number of carbonyl (C=O) groups excluding carboxylic acids is 1. The molecule has 0 amide bonds. The molecule has 2 rings (SSSR count). The Labute approximate surface area is 192 Å². The van der Waals surface area contributed by atoms with E-state index in [1.54, 1.807) is 0 Å². The van der Waals surface area contributed by atoms with Gasteiger partial charge in [0.2, 0.25) is 0 Å². The van der Waals surface area contributed by atoms with Crippen molar-refractivity contribution >= 4 is 5.97 Å². The molecule has 2 aliphatic rings. The van der Waals surface area contributed by atoms with Crippen molar-refractivity contribution in [1.29, 1.82) is 0 Å². The maximum absolute atomic E-state index is 12.6. The summed E-state index contributed by atoms with van der Waals surface area (Å²) in [5.74, 6) is 1.07. The molecule has 31 heavy (non-hydrogen) atoms. The van der Waals surface area contributed by atoms with Gasteiger partial charge in [0, 0.05) is 5.54 Å². The highest BCUT2D eigenvalue weighted by Gasteiger charge is 2.43. The zero-order chi connectivity index (χ0) is 23.3. The second-order valence-corrected chi connectivity index (χ2v) is 11.3. The normalized spacial score (nSPS) is 29.9. The second kappa shape index (κ2) is 11.0. The van der Waals surface area contributed by atoms with Crippen LogP contribution in [-0.4, -0.2) is 29.3 Å². The van der Waals surface area contributed by atoms with E-state index in [1.165, 1.54) is 12.8 Å². The molecule has 0 spiro atoms. The molecule has 0 aliphatic heterocycles. The molecule has 0 saturated heterocycles. The Morgan fingerprint density at radius 3 is 1.55 bits per heavy atom. The van der Waals surface area contributed by atoms with Crippen molar-refractivity contribution in [3.05, 3.63) is 0 Å². The largest absolute Gasteiger partial charge is 0.462 e. The van der Waals surface area contributed by atoms with E-state index >= 15 is 0 Å². The monoisotopic (exact) mass is 437 g/mol. The summed E-state index contributed by atoms with van der Waals surface area (Å²) in [4.78, 5) is 12.6. The Balaban J connectivity index is 1.83. The quantitative estimate of drug-likeness (QED) is 0.382. The third-order valence-corrected chi connectivity index (χ3v) is 9.38. The maximum atomic E-state index is 12.6. The average Bonchev–Trinajstić information content (AvgIpc) is 2.79. The summed E-state index contributed by atoms with van der Waals surface area (Å²) in [5.41, 5.74) is 6.54. The number of carbonyl (C=O) groups is 1. The van der Waals surface area contributed by atoms with Crippen LogP contribution in [0.4, 0.5) is 0 Å². The standard InChI is InChI=1S/C27H51NO3/c1-8-25(5,9-2)24(29)30-22-16-12-20(13-17-22)27(7,28)21-14-18-23(19-15-21)31-26(6,10-3)11-4/h20-23H,8-19,28H2,1-7H3. The van der Waals surface area contributed by atoms with Crippen LogP contribution in [0.1, 0.15) is 126 Å². The van der Waals surface area contributed by atoms with Crippen LogP contribution in [0, 0.1) is 17.3 Å². The van der Waals surface area contributed by atoms with Crippen molar-refractivity contribution in [1.82, 2.24) is 0 Å². The van der Waals surface area contributed by atoms with Crippen molar-refractivity contribution in [3.8, 4) is 0 Å². The van der Waals surface area contributed by atoms with Crippen LogP contribution in [0.15, 0.2) is 0 Å². The van der Waals surface area contributed by atoms with Gasteiger partial charge in [-0.3, -0.25) is 4.79 Å². The van der Waals surface area contributed by atoms with Crippen LogP contribution < -0.4 is 5.73 Å². The fourth-order valence-corrected chi connectivity index (χ4v) is 5.59. The molecule has 2 N–H and O–H groups in total. The first-order valence-corrected chi connectivity index (χ1v) is 13.2. The number of ether oxygens (including phenoxy) is 2. The SMILES string of the molecule is CCC(C)(CC)OC1CCC(C(C)(N)C2CCC(OC(=O)C(C)(CC)CC)CC2)CC1. The van der Waals surface area contributed by atoms with Crippen molar-refractivity contribution in [3.63, 3.8) is 0 Å². The van der Waals surface area contributed by atoms with Gasteiger partial charge in [0.15, 0.2) is 0 Å². The maximum Gasteiger partial charge on any atom is 0.312 e. The first kappa shape index (κ1) is 26.6. The lowest BCUT2D eigenvalue weighted by molar-refractivity contribution is -0.163. The van der Waals surface area contributed by atoms with Gasteiger partial charge in [-0.25, -0.2) is 0 Å². The van der Waals surface area contributed by atoms with Crippen LogP contribution in [0.25, 0.3) is 0 Å². The molecule has 2 fully saturated rings. The topological polar surface area (TPSA) is 61.6 Å². The third-order valence-electron chi connectivity index (χ3n) is 9.38. The van der Waals surface area contributed by atoms with Crippen molar-refractivity contribution < 1.29 is 14.3 Å². The van der Waals surface area contributed by atoms with Gasteiger partial charge in [0.25, 0.3) is 0 Å². The zero-order valence-electron chi connectivity index (χ0n) is 21.6. The third kappa shape index (κ3) is 6.47. The van der Waals surface area contributed by atoms with Crippen LogP contribution in [0.3, 0.4) is 0 Å². The first-order chi connectivity index (χ1) is 14.5. The summed E-state index contributed by atoms with van der Waals surface area (Å²) >= 11 is 0. The summed E-state index contributed by atoms with van der Waals surface area (Å²) in [5, 5.41) is 0. The summed E-state index contributed by atoms with van der Waals surface area (Å²) < 4.78 is 12.4. The fraction of sp³-hybridized carbons (Fsp3) is 0.963. The van der Waals surface area contributed by atoms with E-state index in [0.717, 1.165) is 64.2 Å². The van der Waals surface area contributed by atoms with Crippen LogP contribution in [0.5, 0.6) is 0 Å². The summed E-state index contributed by atoms with van der Waals surface area (Å²) in [6.45, 7) is 15.2. The molecular weight excluding hydrogens is 386 g/mol. The predicted octanol–water partition coefficient (Wildman–Crippen LogP) is 6.79. The molecule has 0 aromatic rings. The van der Waals surface area contributed by atoms with E-state index in [4.69, 9.17) is 15.2 Å².